The number of carbonyl (C=O) groups excluding carboxylic acids is 2. The van der Waals surface area contributed by atoms with E-state index in [2.05, 4.69) is 12.2 Å². The SMILES string of the molecule is CCCCc1ccc(NC(=O)COC(=O)c2cc(OC)c(OC)cc2[N+](=O)[O-])cc1. The van der Waals surface area contributed by atoms with Gasteiger partial charge in [-0.1, -0.05) is 25.5 Å². The average molecular weight is 416 g/mol. The molecule has 0 aromatic heterocycles. The minimum Gasteiger partial charge on any atom is -0.493 e. The Morgan fingerprint density at radius 2 is 1.70 bits per heavy atom. The zero-order valence-electron chi connectivity index (χ0n) is 17.1. The number of hydrogen-bond donors (Lipinski definition) is 1. The second-order valence-electron chi connectivity index (χ2n) is 6.41. The lowest BCUT2D eigenvalue weighted by Gasteiger charge is -2.11. The van der Waals surface area contributed by atoms with Gasteiger partial charge in [0.05, 0.1) is 25.2 Å². The number of benzene rings is 2. The van der Waals surface area contributed by atoms with Crippen LogP contribution in [0.15, 0.2) is 36.4 Å². The van der Waals surface area contributed by atoms with E-state index in [0.717, 1.165) is 31.4 Å². The highest BCUT2D eigenvalue weighted by molar-refractivity contribution is 5.98. The molecule has 9 nitrogen and oxygen atoms in total. The molecule has 0 radical (unpaired) electrons. The number of ether oxygens (including phenoxy) is 3. The molecule has 0 spiro atoms. The largest absolute Gasteiger partial charge is 0.493 e. The van der Waals surface area contributed by atoms with E-state index in [1.807, 2.05) is 12.1 Å². The minimum absolute atomic E-state index is 0.0980. The second kappa shape index (κ2) is 10.8. The number of rotatable bonds is 10. The first kappa shape index (κ1) is 22.7. The first-order chi connectivity index (χ1) is 14.4. The summed E-state index contributed by atoms with van der Waals surface area (Å²) in [6.45, 7) is 1.52. The van der Waals surface area contributed by atoms with Crippen molar-refractivity contribution in [2.75, 3.05) is 26.1 Å². The molecular weight excluding hydrogens is 392 g/mol. The molecule has 0 aliphatic carbocycles. The van der Waals surface area contributed by atoms with Gasteiger partial charge in [-0.3, -0.25) is 14.9 Å². The number of nitro benzene ring substituents is 1. The molecule has 0 unspecified atom stereocenters. The first-order valence-electron chi connectivity index (χ1n) is 9.35. The van der Waals surface area contributed by atoms with Gasteiger partial charge >= 0.3 is 5.97 Å². The molecule has 2 aromatic rings. The summed E-state index contributed by atoms with van der Waals surface area (Å²) in [5, 5.41) is 13.9. The Bertz CT molecular complexity index is 910. The van der Waals surface area contributed by atoms with Crippen LogP contribution in [0, 0.1) is 10.1 Å². The number of nitrogens with one attached hydrogen (secondary N) is 1. The fourth-order valence-electron chi connectivity index (χ4n) is 2.72. The Morgan fingerprint density at radius 3 is 2.27 bits per heavy atom. The number of amides is 1. The summed E-state index contributed by atoms with van der Waals surface area (Å²) >= 11 is 0. The fourth-order valence-corrected chi connectivity index (χ4v) is 2.72. The van der Waals surface area contributed by atoms with Crippen molar-refractivity contribution < 1.29 is 28.7 Å². The van der Waals surface area contributed by atoms with Crippen LogP contribution in [0.2, 0.25) is 0 Å². The average Bonchev–Trinajstić information content (AvgIpc) is 2.75. The third-order valence-electron chi connectivity index (χ3n) is 4.31. The second-order valence-corrected chi connectivity index (χ2v) is 6.41. The van der Waals surface area contributed by atoms with Gasteiger partial charge in [-0.2, -0.15) is 0 Å². The molecule has 30 heavy (non-hydrogen) atoms. The highest BCUT2D eigenvalue weighted by Crippen LogP contribution is 2.34. The maximum absolute atomic E-state index is 12.3. The van der Waals surface area contributed by atoms with Crippen LogP contribution in [0.4, 0.5) is 11.4 Å². The smallest absolute Gasteiger partial charge is 0.345 e. The summed E-state index contributed by atoms with van der Waals surface area (Å²) in [7, 11) is 2.65. The molecule has 0 aliphatic heterocycles. The van der Waals surface area contributed by atoms with Gasteiger partial charge < -0.3 is 19.5 Å². The predicted octanol–water partition coefficient (Wildman–Crippen LogP) is 3.75. The van der Waals surface area contributed by atoms with Crippen molar-refractivity contribution in [3.05, 3.63) is 57.6 Å². The fraction of sp³-hybridized carbons (Fsp3) is 0.333. The van der Waals surface area contributed by atoms with Crippen molar-refractivity contribution in [1.82, 2.24) is 0 Å². The lowest BCUT2D eigenvalue weighted by atomic mass is 10.1. The van der Waals surface area contributed by atoms with Crippen LogP contribution < -0.4 is 14.8 Å². The van der Waals surface area contributed by atoms with Gasteiger partial charge in [-0.05, 0) is 30.5 Å². The topological polar surface area (TPSA) is 117 Å². The molecule has 9 heteroatoms. The van der Waals surface area contributed by atoms with E-state index >= 15 is 0 Å². The lowest BCUT2D eigenvalue weighted by molar-refractivity contribution is -0.385. The Kier molecular flexibility index (Phi) is 8.16. The molecule has 0 aliphatic rings. The summed E-state index contributed by atoms with van der Waals surface area (Å²) in [5.74, 6) is -1.36. The van der Waals surface area contributed by atoms with Gasteiger partial charge in [0.25, 0.3) is 11.6 Å². The predicted molar refractivity (Wildman–Crippen MR) is 110 cm³/mol. The summed E-state index contributed by atoms with van der Waals surface area (Å²) in [4.78, 5) is 35.0. The van der Waals surface area contributed by atoms with Gasteiger partial charge in [-0.15, -0.1) is 0 Å². The number of aryl methyl sites for hydroxylation is 1. The normalized spacial score (nSPS) is 10.2. The zero-order chi connectivity index (χ0) is 22.1. The molecular formula is C21H24N2O7. The van der Waals surface area contributed by atoms with E-state index in [9.17, 15) is 19.7 Å². The van der Waals surface area contributed by atoms with Crippen LogP contribution in [0.5, 0.6) is 11.5 Å². The third-order valence-corrected chi connectivity index (χ3v) is 4.31. The van der Waals surface area contributed by atoms with E-state index < -0.39 is 29.1 Å². The maximum atomic E-state index is 12.3. The highest BCUT2D eigenvalue weighted by atomic mass is 16.6. The molecule has 2 rings (SSSR count). The Hall–Kier alpha value is -3.62. The minimum atomic E-state index is -1.02. The van der Waals surface area contributed by atoms with Gasteiger partial charge in [0.2, 0.25) is 0 Å². The number of nitro groups is 1. The van der Waals surface area contributed by atoms with Crippen molar-refractivity contribution >= 4 is 23.3 Å². The molecule has 0 atom stereocenters. The molecule has 0 saturated heterocycles. The molecule has 1 amide bonds. The third kappa shape index (κ3) is 5.94. The van der Waals surface area contributed by atoms with E-state index in [-0.39, 0.29) is 17.1 Å². The summed E-state index contributed by atoms with van der Waals surface area (Å²) in [6.07, 6.45) is 3.15. The number of carbonyl (C=O) groups is 2. The van der Waals surface area contributed by atoms with Crippen molar-refractivity contribution in [2.45, 2.75) is 26.2 Å². The number of methoxy groups -OCH3 is 2. The molecule has 0 bridgehead atoms. The molecule has 0 fully saturated rings. The van der Waals surface area contributed by atoms with E-state index in [1.54, 1.807) is 12.1 Å². The van der Waals surface area contributed by atoms with Gasteiger partial charge in [0.1, 0.15) is 5.56 Å². The maximum Gasteiger partial charge on any atom is 0.345 e. The standard InChI is InChI=1S/C21H24N2O7/c1-4-5-6-14-7-9-15(10-8-14)22-20(24)13-30-21(25)16-11-18(28-2)19(29-3)12-17(16)23(26)27/h7-12H,4-6,13H2,1-3H3,(H,22,24). The molecule has 0 saturated carbocycles. The molecule has 1 N–H and O–H groups in total. The number of unbranched alkanes of at least 4 members (excludes halogenated alkanes) is 1. The van der Waals surface area contributed by atoms with E-state index in [0.29, 0.717) is 5.69 Å². The Morgan fingerprint density at radius 1 is 1.07 bits per heavy atom. The number of hydrogen-bond acceptors (Lipinski definition) is 7. The summed E-state index contributed by atoms with van der Waals surface area (Å²) in [6, 6.07) is 9.59. The van der Waals surface area contributed by atoms with E-state index in [1.165, 1.54) is 19.8 Å². The summed E-state index contributed by atoms with van der Waals surface area (Å²) in [5.41, 5.74) is 0.877. The van der Waals surface area contributed by atoms with Crippen LogP contribution in [-0.4, -0.2) is 37.6 Å². The first-order valence-corrected chi connectivity index (χ1v) is 9.35. The van der Waals surface area contributed by atoms with Gasteiger partial charge in [0, 0.05) is 11.8 Å². The number of anilines is 1. The monoisotopic (exact) mass is 416 g/mol. The molecule has 160 valence electrons. The van der Waals surface area contributed by atoms with Crippen molar-refractivity contribution in [3.63, 3.8) is 0 Å². The summed E-state index contributed by atoms with van der Waals surface area (Å²) < 4.78 is 15.0. The lowest BCUT2D eigenvalue weighted by Crippen LogP contribution is -2.21. The highest BCUT2D eigenvalue weighted by Gasteiger charge is 2.26. The van der Waals surface area contributed by atoms with Gasteiger partial charge in [0.15, 0.2) is 18.1 Å². The Labute approximate surface area is 174 Å². The van der Waals surface area contributed by atoms with Crippen LogP contribution in [-0.2, 0) is 16.0 Å². The van der Waals surface area contributed by atoms with Gasteiger partial charge in [-0.25, -0.2) is 4.79 Å². The molecule has 0 heterocycles. The van der Waals surface area contributed by atoms with Crippen LogP contribution in [0.25, 0.3) is 0 Å². The van der Waals surface area contributed by atoms with Crippen LogP contribution in [0.1, 0.15) is 35.7 Å². The number of esters is 1. The Balaban J connectivity index is 2.02. The van der Waals surface area contributed by atoms with E-state index in [4.69, 9.17) is 14.2 Å². The number of nitrogens with zero attached hydrogens (tertiary/aromatic N) is 1. The van der Waals surface area contributed by atoms with Crippen LogP contribution in [0.3, 0.4) is 0 Å². The van der Waals surface area contributed by atoms with Crippen molar-refractivity contribution in [3.8, 4) is 11.5 Å². The van der Waals surface area contributed by atoms with Crippen molar-refractivity contribution in [2.24, 2.45) is 0 Å². The molecule has 2 aromatic carbocycles. The quantitative estimate of drug-likeness (QED) is 0.356. The zero-order valence-corrected chi connectivity index (χ0v) is 17.1. The van der Waals surface area contributed by atoms with Crippen molar-refractivity contribution in [1.29, 1.82) is 0 Å². The van der Waals surface area contributed by atoms with Crippen LogP contribution >= 0.6 is 0 Å².